The van der Waals surface area contributed by atoms with Crippen LogP contribution >= 0.6 is 0 Å². The lowest BCUT2D eigenvalue weighted by molar-refractivity contribution is -0.155. The molecule has 1 unspecified atom stereocenters. The van der Waals surface area contributed by atoms with Gasteiger partial charge in [0.15, 0.2) is 0 Å². The number of amidine groups is 1. The summed E-state index contributed by atoms with van der Waals surface area (Å²) < 4.78 is 11.2. The molecule has 0 amide bonds. The van der Waals surface area contributed by atoms with Gasteiger partial charge in [0.1, 0.15) is 36.1 Å². The van der Waals surface area contributed by atoms with Crippen LogP contribution < -0.4 is 11.5 Å². The zero-order valence-electron chi connectivity index (χ0n) is 13.4. The van der Waals surface area contributed by atoms with Crippen LogP contribution in [0, 0.1) is 5.92 Å². The highest BCUT2D eigenvalue weighted by Crippen LogP contribution is 2.29. The summed E-state index contributed by atoms with van der Waals surface area (Å²) in [6.45, 7) is 7.24. The SMILES string of the molecule is C=C1N=C(N)C=CN1[C@H]1C[C@@H](OC(=O)C(N)C(C)C)[C@@H](CO)O1. The van der Waals surface area contributed by atoms with E-state index in [1.165, 1.54) is 0 Å². The van der Waals surface area contributed by atoms with Crippen LogP contribution in [0.1, 0.15) is 20.3 Å². The quantitative estimate of drug-likeness (QED) is 0.590. The third-order valence-corrected chi connectivity index (χ3v) is 3.89. The van der Waals surface area contributed by atoms with E-state index in [1.807, 2.05) is 13.8 Å². The van der Waals surface area contributed by atoms with Gasteiger partial charge < -0.3 is 30.9 Å². The van der Waals surface area contributed by atoms with Gasteiger partial charge in [-0.05, 0) is 12.0 Å². The normalized spacial score (nSPS) is 28.9. The van der Waals surface area contributed by atoms with E-state index >= 15 is 0 Å². The van der Waals surface area contributed by atoms with Gasteiger partial charge in [0.2, 0.25) is 0 Å². The summed E-state index contributed by atoms with van der Waals surface area (Å²) in [6.07, 6.45) is 2.06. The molecule has 1 saturated heterocycles. The third-order valence-electron chi connectivity index (χ3n) is 3.89. The molecule has 0 aliphatic carbocycles. The fourth-order valence-electron chi connectivity index (χ4n) is 2.41. The van der Waals surface area contributed by atoms with Gasteiger partial charge in [-0.25, -0.2) is 4.99 Å². The zero-order chi connectivity index (χ0) is 17.1. The van der Waals surface area contributed by atoms with Crippen molar-refractivity contribution in [2.75, 3.05) is 6.61 Å². The molecule has 128 valence electrons. The average Bonchev–Trinajstić information content (AvgIpc) is 2.88. The molecule has 8 nitrogen and oxygen atoms in total. The first kappa shape index (κ1) is 17.5. The molecule has 23 heavy (non-hydrogen) atoms. The lowest BCUT2D eigenvalue weighted by atomic mass is 10.1. The summed E-state index contributed by atoms with van der Waals surface area (Å²) in [5.41, 5.74) is 11.4. The molecular formula is C15H24N4O4. The largest absolute Gasteiger partial charge is 0.458 e. The Morgan fingerprint density at radius 2 is 2.35 bits per heavy atom. The van der Waals surface area contributed by atoms with Crippen molar-refractivity contribution >= 4 is 11.8 Å². The molecule has 0 bridgehead atoms. The van der Waals surface area contributed by atoms with Gasteiger partial charge in [0, 0.05) is 12.6 Å². The highest BCUT2D eigenvalue weighted by molar-refractivity contribution is 5.92. The number of aliphatic hydroxyl groups is 1. The highest BCUT2D eigenvalue weighted by Gasteiger charge is 2.41. The van der Waals surface area contributed by atoms with Crippen LogP contribution in [-0.2, 0) is 14.3 Å². The first-order chi connectivity index (χ1) is 10.8. The van der Waals surface area contributed by atoms with Gasteiger partial charge in [-0.1, -0.05) is 20.4 Å². The number of esters is 1. The Morgan fingerprint density at radius 3 is 2.91 bits per heavy atom. The Kier molecular flexibility index (Phi) is 5.40. The molecular weight excluding hydrogens is 300 g/mol. The second-order valence-corrected chi connectivity index (χ2v) is 5.97. The predicted molar refractivity (Wildman–Crippen MR) is 84.8 cm³/mol. The molecule has 4 atom stereocenters. The molecule has 0 radical (unpaired) electrons. The van der Waals surface area contributed by atoms with Crippen molar-refractivity contribution < 1.29 is 19.4 Å². The van der Waals surface area contributed by atoms with Gasteiger partial charge in [-0.2, -0.15) is 0 Å². The Morgan fingerprint density at radius 1 is 1.65 bits per heavy atom. The van der Waals surface area contributed by atoms with Gasteiger partial charge >= 0.3 is 5.97 Å². The monoisotopic (exact) mass is 324 g/mol. The molecule has 0 saturated carbocycles. The standard InChI is InChI=1S/C15H24N4O4/c1-8(2)14(17)15(21)23-10-6-13(22-11(10)7-20)19-5-4-12(16)18-9(19)3/h4-5,8,10-11,13-14,20H,3,6-7,17H2,1-2H3,(H2,16,18)/t10-,11-,13-,14?/m1/s1. The van der Waals surface area contributed by atoms with Crippen LogP contribution in [0.3, 0.4) is 0 Å². The lowest BCUT2D eigenvalue weighted by Crippen LogP contribution is -2.41. The number of rotatable bonds is 5. The second kappa shape index (κ2) is 7.12. The van der Waals surface area contributed by atoms with Crippen molar-refractivity contribution in [3.63, 3.8) is 0 Å². The maximum Gasteiger partial charge on any atom is 0.323 e. The minimum Gasteiger partial charge on any atom is -0.458 e. The minimum absolute atomic E-state index is 0.0321. The van der Waals surface area contributed by atoms with Crippen LogP contribution in [0.4, 0.5) is 0 Å². The van der Waals surface area contributed by atoms with E-state index in [2.05, 4.69) is 11.6 Å². The summed E-state index contributed by atoms with van der Waals surface area (Å²) in [6, 6.07) is -0.706. The van der Waals surface area contributed by atoms with Gasteiger partial charge in [0.05, 0.1) is 6.61 Å². The van der Waals surface area contributed by atoms with Gasteiger partial charge in [-0.15, -0.1) is 0 Å². The van der Waals surface area contributed by atoms with Crippen LogP contribution in [0.15, 0.2) is 29.7 Å². The number of hydrogen-bond donors (Lipinski definition) is 3. The molecule has 2 rings (SSSR count). The van der Waals surface area contributed by atoms with Crippen molar-refractivity contribution in [2.24, 2.45) is 22.4 Å². The Labute approximate surface area is 135 Å². The van der Waals surface area contributed by atoms with Crippen molar-refractivity contribution in [1.82, 2.24) is 4.90 Å². The number of nitrogens with zero attached hydrogens (tertiary/aromatic N) is 2. The predicted octanol–water partition coefficient (Wildman–Crippen LogP) is -0.353. The number of aliphatic hydroxyl groups excluding tert-OH is 1. The topological polar surface area (TPSA) is 123 Å². The van der Waals surface area contributed by atoms with E-state index in [9.17, 15) is 9.90 Å². The molecule has 8 heteroatoms. The summed E-state index contributed by atoms with van der Waals surface area (Å²) >= 11 is 0. The molecule has 0 aromatic heterocycles. The fraction of sp³-hybridized carbons (Fsp3) is 0.600. The smallest absolute Gasteiger partial charge is 0.323 e. The van der Waals surface area contributed by atoms with Crippen molar-refractivity contribution in [3.8, 4) is 0 Å². The van der Waals surface area contributed by atoms with E-state index in [0.717, 1.165) is 0 Å². The number of carbonyl (C=O) groups excluding carboxylic acids is 1. The van der Waals surface area contributed by atoms with E-state index < -0.39 is 30.4 Å². The summed E-state index contributed by atoms with van der Waals surface area (Å²) in [4.78, 5) is 17.8. The molecule has 0 spiro atoms. The average molecular weight is 324 g/mol. The first-order valence-corrected chi connectivity index (χ1v) is 7.55. The van der Waals surface area contributed by atoms with Crippen LogP contribution in [0.2, 0.25) is 0 Å². The van der Waals surface area contributed by atoms with Crippen molar-refractivity contribution in [3.05, 3.63) is 24.7 Å². The van der Waals surface area contributed by atoms with Crippen molar-refractivity contribution in [1.29, 1.82) is 0 Å². The van der Waals surface area contributed by atoms with Crippen LogP contribution in [-0.4, -0.2) is 52.9 Å². The van der Waals surface area contributed by atoms with Crippen LogP contribution in [0.5, 0.6) is 0 Å². The zero-order valence-corrected chi connectivity index (χ0v) is 13.4. The Hall–Kier alpha value is -1.90. The molecule has 0 aromatic rings. The number of aliphatic imine (C=N–C) groups is 1. The maximum absolute atomic E-state index is 12.0. The van der Waals surface area contributed by atoms with E-state index in [4.69, 9.17) is 20.9 Å². The summed E-state index contributed by atoms with van der Waals surface area (Å²) in [7, 11) is 0. The van der Waals surface area contributed by atoms with Gasteiger partial charge in [-0.3, -0.25) is 4.79 Å². The molecule has 1 fully saturated rings. The third kappa shape index (κ3) is 3.90. The number of carbonyl (C=O) groups is 1. The molecule has 0 aromatic carbocycles. The van der Waals surface area contributed by atoms with E-state index in [-0.39, 0.29) is 12.5 Å². The maximum atomic E-state index is 12.0. The summed E-state index contributed by atoms with van der Waals surface area (Å²) in [5, 5.41) is 9.47. The first-order valence-electron chi connectivity index (χ1n) is 7.55. The number of hydrogen-bond acceptors (Lipinski definition) is 8. The minimum atomic E-state index is -0.706. The van der Waals surface area contributed by atoms with Gasteiger partial charge in [0.25, 0.3) is 0 Å². The van der Waals surface area contributed by atoms with Crippen LogP contribution in [0.25, 0.3) is 0 Å². The number of nitrogens with two attached hydrogens (primary N) is 2. The lowest BCUT2D eigenvalue weighted by Gasteiger charge is -2.28. The fourth-order valence-corrected chi connectivity index (χ4v) is 2.41. The Balaban J connectivity index is 2.02. The molecule has 2 aliphatic heterocycles. The highest BCUT2D eigenvalue weighted by atomic mass is 16.6. The molecule has 2 aliphatic rings. The van der Waals surface area contributed by atoms with E-state index in [0.29, 0.717) is 18.1 Å². The molecule has 2 heterocycles. The van der Waals surface area contributed by atoms with E-state index in [1.54, 1.807) is 17.2 Å². The van der Waals surface area contributed by atoms with Crippen molar-refractivity contribution in [2.45, 2.75) is 44.7 Å². The Bertz CT molecular complexity index is 532. The summed E-state index contributed by atoms with van der Waals surface area (Å²) in [5.74, 6) is 0.254. The second-order valence-electron chi connectivity index (χ2n) is 5.97. The number of ether oxygens (including phenoxy) is 2. The molecule has 5 N–H and O–H groups in total.